The van der Waals surface area contributed by atoms with Crippen LogP contribution in [-0.4, -0.2) is 27.1 Å². The van der Waals surface area contributed by atoms with Crippen LogP contribution in [0.2, 0.25) is 0 Å². The monoisotopic (exact) mass is 266 g/mol. The Morgan fingerprint density at radius 1 is 1.39 bits per heavy atom. The van der Waals surface area contributed by atoms with E-state index in [2.05, 4.69) is 0 Å². The maximum absolute atomic E-state index is 10.8. The van der Waals surface area contributed by atoms with Gasteiger partial charge >= 0.3 is 5.97 Å². The van der Waals surface area contributed by atoms with Crippen molar-refractivity contribution in [2.24, 2.45) is 0 Å². The third kappa shape index (κ3) is 4.63. The molecule has 0 spiro atoms. The molecule has 1 aromatic rings. The summed E-state index contributed by atoms with van der Waals surface area (Å²) in [5, 5.41) is 18.5. The van der Waals surface area contributed by atoms with Crippen molar-refractivity contribution in [3.05, 3.63) is 35.4 Å². The normalized spacial score (nSPS) is 10.7. The number of rotatable bonds is 5. The van der Waals surface area contributed by atoms with Crippen LogP contribution in [-0.2, 0) is 4.79 Å². The maximum Gasteiger partial charge on any atom is 0.335 e. The van der Waals surface area contributed by atoms with E-state index in [4.69, 9.17) is 5.11 Å². The van der Waals surface area contributed by atoms with Gasteiger partial charge in [0.15, 0.2) is 5.12 Å². The lowest BCUT2D eigenvalue weighted by Crippen LogP contribution is -1.95. The van der Waals surface area contributed by atoms with Crippen LogP contribution in [0.1, 0.15) is 29.3 Å². The smallest absolute Gasteiger partial charge is 0.335 e. The average Bonchev–Trinajstić information content (AvgIpc) is 2.30. The molecular weight excluding hydrogens is 252 g/mol. The predicted molar refractivity (Wildman–Crippen MR) is 71.9 cm³/mol. The molecule has 0 unspecified atom stereocenters. The van der Waals surface area contributed by atoms with E-state index in [-0.39, 0.29) is 16.4 Å². The second-order valence-electron chi connectivity index (χ2n) is 3.61. The van der Waals surface area contributed by atoms with Crippen LogP contribution in [0.25, 0.3) is 6.08 Å². The van der Waals surface area contributed by atoms with Crippen molar-refractivity contribution in [2.75, 3.05) is 5.75 Å². The molecule has 0 aromatic heterocycles. The summed E-state index contributed by atoms with van der Waals surface area (Å²) in [7, 11) is 0. The second-order valence-corrected chi connectivity index (χ2v) is 4.88. The molecule has 0 aliphatic heterocycles. The fourth-order valence-corrected chi connectivity index (χ4v) is 1.84. The zero-order chi connectivity index (χ0) is 13.5. The van der Waals surface area contributed by atoms with Crippen molar-refractivity contribution in [3.8, 4) is 5.75 Å². The number of aromatic carboxylic acids is 1. The van der Waals surface area contributed by atoms with E-state index >= 15 is 0 Å². The first-order valence-corrected chi connectivity index (χ1v) is 6.35. The standard InChI is InChI=1S/C13H14O4S/c1-9(14)18-7-3-2-4-10-8-11(13(16)17)5-6-12(10)15/h2,4-6,8,15H,3,7H2,1H3,(H,16,17). The van der Waals surface area contributed by atoms with E-state index < -0.39 is 5.97 Å². The number of hydrogen-bond acceptors (Lipinski definition) is 4. The molecule has 18 heavy (non-hydrogen) atoms. The Kier molecular flexibility index (Phi) is 5.45. The van der Waals surface area contributed by atoms with Crippen LogP contribution in [0, 0.1) is 0 Å². The van der Waals surface area contributed by atoms with Crippen molar-refractivity contribution in [1.29, 1.82) is 0 Å². The van der Waals surface area contributed by atoms with Crippen molar-refractivity contribution in [3.63, 3.8) is 0 Å². The van der Waals surface area contributed by atoms with Gasteiger partial charge in [0.1, 0.15) is 5.75 Å². The minimum atomic E-state index is -1.03. The highest BCUT2D eigenvalue weighted by molar-refractivity contribution is 8.13. The van der Waals surface area contributed by atoms with Gasteiger partial charge in [0.05, 0.1) is 5.56 Å². The number of phenolic OH excluding ortho intramolecular Hbond substituents is 1. The summed E-state index contributed by atoms with van der Waals surface area (Å²) in [5.74, 6) is -0.321. The number of carbonyl (C=O) groups excluding carboxylic acids is 1. The molecule has 0 amide bonds. The average molecular weight is 266 g/mol. The number of hydrogen-bond donors (Lipinski definition) is 2. The summed E-state index contributed by atoms with van der Waals surface area (Å²) in [4.78, 5) is 21.5. The molecule has 5 heteroatoms. The molecule has 0 radical (unpaired) electrons. The summed E-state index contributed by atoms with van der Waals surface area (Å²) >= 11 is 1.23. The molecule has 0 aliphatic rings. The van der Waals surface area contributed by atoms with Crippen LogP contribution in [0.5, 0.6) is 5.75 Å². The van der Waals surface area contributed by atoms with Crippen LogP contribution in [0.4, 0.5) is 0 Å². The van der Waals surface area contributed by atoms with Gasteiger partial charge in [0, 0.05) is 18.2 Å². The number of allylic oxidation sites excluding steroid dienone is 1. The van der Waals surface area contributed by atoms with E-state index in [1.54, 1.807) is 12.2 Å². The second kappa shape index (κ2) is 6.86. The van der Waals surface area contributed by atoms with Gasteiger partial charge in [0.25, 0.3) is 0 Å². The van der Waals surface area contributed by atoms with E-state index in [9.17, 15) is 14.7 Å². The lowest BCUT2D eigenvalue weighted by molar-refractivity contribution is -0.109. The molecule has 0 aliphatic carbocycles. The van der Waals surface area contributed by atoms with Gasteiger partial charge in [-0.3, -0.25) is 4.79 Å². The van der Waals surface area contributed by atoms with Gasteiger partial charge in [-0.15, -0.1) is 0 Å². The van der Waals surface area contributed by atoms with Crippen LogP contribution >= 0.6 is 11.8 Å². The first-order chi connectivity index (χ1) is 8.50. The van der Waals surface area contributed by atoms with Gasteiger partial charge in [-0.05, 0) is 24.6 Å². The van der Waals surface area contributed by atoms with Gasteiger partial charge in [0.2, 0.25) is 0 Å². The largest absolute Gasteiger partial charge is 0.507 e. The molecule has 4 nitrogen and oxygen atoms in total. The van der Waals surface area contributed by atoms with Crippen LogP contribution < -0.4 is 0 Å². The minimum absolute atomic E-state index is 0.0375. The zero-order valence-corrected chi connectivity index (χ0v) is 10.7. The lowest BCUT2D eigenvalue weighted by atomic mass is 10.1. The van der Waals surface area contributed by atoms with Crippen LogP contribution in [0.15, 0.2) is 24.3 Å². The quantitative estimate of drug-likeness (QED) is 0.801. The molecule has 0 atom stereocenters. The summed E-state index contributed by atoms with van der Waals surface area (Å²) < 4.78 is 0. The number of carboxylic acid groups (broad SMARTS) is 1. The van der Waals surface area contributed by atoms with E-state index in [1.165, 1.54) is 36.9 Å². The highest BCUT2D eigenvalue weighted by Crippen LogP contribution is 2.20. The molecule has 2 N–H and O–H groups in total. The topological polar surface area (TPSA) is 74.6 Å². The summed E-state index contributed by atoms with van der Waals surface area (Å²) in [5.41, 5.74) is 0.591. The fraction of sp³-hybridized carbons (Fsp3) is 0.231. The number of carboxylic acids is 1. The number of phenols is 1. The van der Waals surface area contributed by atoms with E-state index in [1.807, 2.05) is 0 Å². The Hall–Kier alpha value is -1.75. The third-order valence-corrected chi connectivity index (χ3v) is 3.01. The minimum Gasteiger partial charge on any atom is -0.507 e. The Labute approximate surface area is 109 Å². The third-order valence-electron chi connectivity index (χ3n) is 2.16. The molecule has 0 saturated heterocycles. The molecule has 0 bridgehead atoms. The number of aromatic hydroxyl groups is 1. The Balaban J connectivity index is 2.65. The highest BCUT2D eigenvalue weighted by Gasteiger charge is 2.05. The summed E-state index contributed by atoms with van der Waals surface area (Å²) in [6.45, 7) is 1.51. The van der Waals surface area contributed by atoms with Crippen molar-refractivity contribution in [2.45, 2.75) is 13.3 Å². The predicted octanol–water partition coefficient (Wildman–Crippen LogP) is 2.77. The van der Waals surface area contributed by atoms with Gasteiger partial charge in [-0.25, -0.2) is 4.79 Å². The molecule has 0 fully saturated rings. The van der Waals surface area contributed by atoms with Gasteiger partial charge in [-0.2, -0.15) is 0 Å². The van der Waals surface area contributed by atoms with Crippen molar-refractivity contribution >= 4 is 28.9 Å². The fourth-order valence-electron chi connectivity index (χ4n) is 1.30. The number of benzene rings is 1. The molecule has 0 saturated carbocycles. The first kappa shape index (κ1) is 14.3. The van der Waals surface area contributed by atoms with Crippen molar-refractivity contribution in [1.82, 2.24) is 0 Å². The summed E-state index contributed by atoms with van der Waals surface area (Å²) in [6.07, 6.45) is 4.14. The van der Waals surface area contributed by atoms with E-state index in [0.29, 0.717) is 17.7 Å². The molecule has 96 valence electrons. The first-order valence-electron chi connectivity index (χ1n) is 5.37. The Bertz CT molecular complexity index is 480. The van der Waals surface area contributed by atoms with Crippen molar-refractivity contribution < 1.29 is 19.8 Å². The maximum atomic E-state index is 10.8. The Morgan fingerprint density at radius 3 is 2.72 bits per heavy atom. The Morgan fingerprint density at radius 2 is 2.11 bits per heavy atom. The number of carbonyl (C=O) groups is 2. The molecule has 0 heterocycles. The zero-order valence-electron chi connectivity index (χ0n) is 9.92. The molecule has 1 aromatic carbocycles. The van der Waals surface area contributed by atoms with Gasteiger partial charge in [-0.1, -0.05) is 23.9 Å². The summed E-state index contributed by atoms with van der Waals surface area (Å²) in [6, 6.07) is 4.11. The molecule has 1 rings (SSSR count). The van der Waals surface area contributed by atoms with Crippen LogP contribution in [0.3, 0.4) is 0 Å². The lowest BCUT2D eigenvalue weighted by Gasteiger charge is -2.01. The van der Waals surface area contributed by atoms with Gasteiger partial charge < -0.3 is 10.2 Å². The van der Waals surface area contributed by atoms with E-state index in [0.717, 1.165) is 0 Å². The molecular formula is C13H14O4S. The SMILES string of the molecule is CC(=O)SCCC=Cc1cc(C(=O)O)ccc1O. The number of thioether (sulfide) groups is 1. The highest BCUT2D eigenvalue weighted by atomic mass is 32.2.